The first-order chi connectivity index (χ1) is 25.0. The minimum atomic E-state index is -1.47. The van der Waals surface area contributed by atoms with Gasteiger partial charge in [0.15, 0.2) is 52.3 Å². The average molecular weight is 718 g/mol. The second kappa shape index (κ2) is 14.7. The normalized spacial score (nSPS) is 18.4. The van der Waals surface area contributed by atoms with Crippen molar-refractivity contribution in [3.63, 3.8) is 0 Å². The van der Waals surface area contributed by atoms with E-state index in [1.54, 1.807) is 43.7 Å². The van der Waals surface area contributed by atoms with E-state index in [1.165, 1.54) is 27.1 Å². The molecular formula is C33H39N11O8. The number of hydrogen-bond donors (Lipinski definition) is 5. The fourth-order valence-electron chi connectivity index (χ4n) is 5.94. The first-order valence-electron chi connectivity index (χ1n) is 16.6. The van der Waals surface area contributed by atoms with Gasteiger partial charge in [0.1, 0.15) is 24.3 Å². The number of aliphatic hydroxyl groups is 2. The van der Waals surface area contributed by atoms with Crippen LogP contribution in [0.25, 0.3) is 22.3 Å². The van der Waals surface area contributed by atoms with Crippen molar-refractivity contribution < 1.29 is 29.2 Å². The highest BCUT2D eigenvalue weighted by molar-refractivity contribution is 5.83. The molecule has 4 atom stereocenters. The van der Waals surface area contributed by atoms with Crippen LogP contribution in [0.2, 0.25) is 0 Å². The van der Waals surface area contributed by atoms with Crippen LogP contribution in [0.1, 0.15) is 38.4 Å². The van der Waals surface area contributed by atoms with Crippen LogP contribution in [-0.2, 0) is 29.7 Å². The molecule has 1 aromatic carbocycles. The molecule has 1 aliphatic heterocycles. The Bertz CT molecular complexity index is 2330. The lowest BCUT2D eigenvalue weighted by atomic mass is 10.1. The number of anilines is 2. The van der Waals surface area contributed by atoms with Gasteiger partial charge in [-0.1, -0.05) is 5.92 Å². The predicted molar refractivity (Wildman–Crippen MR) is 188 cm³/mol. The predicted octanol–water partition coefficient (Wildman–Crippen LogP) is -0.687. The van der Waals surface area contributed by atoms with Crippen LogP contribution in [0.3, 0.4) is 0 Å². The molecule has 5 aromatic rings. The minimum Gasteiger partial charge on any atom is -0.493 e. The molecule has 0 bridgehead atoms. The summed E-state index contributed by atoms with van der Waals surface area (Å²) in [6.45, 7) is 6.63. The Morgan fingerprint density at radius 2 is 1.81 bits per heavy atom. The van der Waals surface area contributed by atoms with Gasteiger partial charge in [0, 0.05) is 32.2 Å². The number of aliphatic hydroxyl groups excluding tert-OH is 2. The first-order valence-corrected chi connectivity index (χ1v) is 16.6. The van der Waals surface area contributed by atoms with Crippen molar-refractivity contribution in [2.24, 2.45) is 7.05 Å². The highest BCUT2D eigenvalue weighted by Gasteiger charge is 2.47. The fourth-order valence-corrected chi connectivity index (χ4v) is 5.94. The zero-order valence-corrected chi connectivity index (χ0v) is 29.2. The van der Waals surface area contributed by atoms with E-state index in [0.717, 1.165) is 0 Å². The van der Waals surface area contributed by atoms with E-state index < -0.39 is 41.7 Å². The van der Waals surface area contributed by atoms with Crippen LogP contribution >= 0.6 is 0 Å². The number of aryl methyl sites for hydroxylation is 2. The number of carbonyl (C=O) groups excluding carboxylic acids is 1. The molecule has 274 valence electrons. The molecular weight excluding hydrogens is 678 g/mol. The van der Waals surface area contributed by atoms with Crippen molar-refractivity contribution in [2.45, 2.75) is 58.4 Å². The molecule has 5 heterocycles. The molecule has 6 rings (SSSR count). The molecule has 4 aromatic heterocycles. The number of nitrogens with zero attached hydrogens (tertiary/aromatic N) is 8. The maximum atomic E-state index is 13.0. The van der Waals surface area contributed by atoms with Crippen molar-refractivity contribution in [1.29, 1.82) is 0 Å². The summed E-state index contributed by atoms with van der Waals surface area (Å²) in [5.41, 5.74) is 6.98. The smallest absolute Gasteiger partial charge is 0.332 e. The van der Waals surface area contributed by atoms with Crippen molar-refractivity contribution in [1.82, 2.24) is 43.5 Å². The summed E-state index contributed by atoms with van der Waals surface area (Å²) in [6.07, 6.45) is -3.99. The summed E-state index contributed by atoms with van der Waals surface area (Å²) in [6, 6.07) is 5.16. The van der Waals surface area contributed by atoms with Gasteiger partial charge in [0.25, 0.3) is 11.5 Å². The topological polar surface area (TPSA) is 241 Å². The quantitative estimate of drug-likeness (QED) is 0.0840. The van der Waals surface area contributed by atoms with Crippen molar-refractivity contribution in [2.75, 3.05) is 37.9 Å². The van der Waals surface area contributed by atoms with E-state index in [9.17, 15) is 24.6 Å². The lowest BCUT2D eigenvalue weighted by Crippen LogP contribution is -2.42. The van der Waals surface area contributed by atoms with Gasteiger partial charge in [-0.05, 0) is 44.9 Å². The maximum Gasteiger partial charge on any atom is 0.332 e. The van der Waals surface area contributed by atoms with Gasteiger partial charge in [-0.25, -0.2) is 14.8 Å². The standard InChI is InChI=1S/C33H39N11O8/c1-6-35-29(47)25-23(45)24(46)31(52-25)44-16-37-21-26(34)39-32(40-27(21)44)36-13-14-51-18-11-9-17(15-19(18)50-5)10-12-20-38-28-22(41(20)4)30(48)43(8-3)33(49)42(28)7-2/h9,11,15-16,23-25,31,45-46H,6-8,13-14H2,1-5H3,(H,35,47)(H3,34,36,39,40)/t23-,24+,25?,31+/m0/s1. The van der Waals surface area contributed by atoms with E-state index in [4.69, 9.17) is 19.9 Å². The Balaban J connectivity index is 1.14. The van der Waals surface area contributed by atoms with Crippen molar-refractivity contribution >= 4 is 40.0 Å². The molecule has 1 aliphatic rings. The Labute approximate surface area is 296 Å². The molecule has 1 saturated heterocycles. The van der Waals surface area contributed by atoms with Crippen LogP contribution in [0, 0.1) is 11.8 Å². The lowest BCUT2D eigenvalue weighted by Gasteiger charge is -2.17. The number of nitrogens with one attached hydrogen (secondary N) is 2. The number of imidazole rings is 2. The minimum absolute atomic E-state index is 0.0651. The lowest BCUT2D eigenvalue weighted by molar-refractivity contribution is -0.137. The van der Waals surface area contributed by atoms with Gasteiger partial charge in [-0.2, -0.15) is 9.97 Å². The monoisotopic (exact) mass is 717 g/mol. The third-order valence-electron chi connectivity index (χ3n) is 8.57. The Morgan fingerprint density at radius 3 is 2.52 bits per heavy atom. The number of aromatic nitrogens is 8. The molecule has 0 saturated carbocycles. The average Bonchev–Trinajstić information content (AvgIpc) is 3.79. The van der Waals surface area contributed by atoms with E-state index >= 15 is 0 Å². The SMILES string of the molecule is CCNC(=O)C1O[C@@H](n2cnc3c(N)nc(NCCOc4ccc(C#Cc5nc6c(c(=O)n(CC)c(=O)n6CC)n5C)cc4OC)nc32)[C@H](O)[C@@H]1O. The number of nitrogen functional groups attached to an aromatic ring is 1. The number of methoxy groups -OCH3 is 1. The molecule has 0 radical (unpaired) electrons. The van der Waals surface area contributed by atoms with Gasteiger partial charge >= 0.3 is 5.69 Å². The molecule has 0 aliphatic carbocycles. The zero-order valence-electron chi connectivity index (χ0n) is 29.2. The number of benzene rings is 1. The Morgan fingerprint density at radius 1 is 1.04 bits per heavy atom. The maximum absolute atomic E-state index is 13.0. The number of likely N-dealkylation sites (N-methyl/N-ethyl adjacent to an activating group) is 1. The third-order valence-corrected chi connectivity index (χ3v) is 8.57. The molecule has 6 N–H and O–H groups in total. The summed E-state index contributed by atoms with van der Waals surface area (Å²) >= 11 is 0. The van der Waals surface area contributed by atoms with Gasteiger partial charge < -0.3 is 45.4 Å². The van der Waals surface area contributed by atoms with Crippen molar-refractivity contribution in [3.05, 3.63) is 56.8 Å². The second-order valence-electron chi connectivity index (χ2n) is 11.7. The molecule has 1 unspecified atom stereocenters. The number of hydrogen-bond acceptors (Lipinski definition) is 14. The number of amides is 1. The van der Waals surface area contributed by atoms with E-state index in [2.05, 4.69) is 42.4 Å². The zero-order chi connectivity index (χ0) is 37.3. The number of fused-ring (bicyclic) bond motifs is 2. The fraction of sp³-hybridized carbons (Fsp3) is 0.424. The Hall–Kier alpha value is -5.97. The molecule has 19 heteroatoms. The van der Waals surface area contributed by atoms with Crippen LogP contribution in [0.5, 0.6) is 11.5 Å². The van der Waals surface area contributed by atoms with Gasteiger partial charge in [0.2, 0.25) is 5.95 Å². The molecule has 1 fully saturated rings. The number of ether oxygens (including phenoxy) is 3. The van der Waals surface area contributed by atoms with E-state index in [0.29, 0.717) is 41.5 Å². The summed E-state index contributed by atoms with van der Waals surface area (Å²) in [7, 11) is 3.19. The molecule has 1 amide bonds. The van der Waals surface area contributed by atoms with E-state index in [-0.39, 0.29) is 48.3 Å². The number of carbonyl (C=O) groups is 1. The molecule has 0 spiro atoms. The van der Waals surface area contributed by atoms with Gasteiger partial charge in [0.05, 0.1) is 20.0 Å². The van der Waals surface area contributed by atoms with E-state index in [1.807, 2.05) is 6.92 Å². The van der Waals surface area contributed by atoms with Crippen LogP contribution in [-0.4, -0.2) is 99.4 Å². The first kappa shape index (κ1) is 35.8. The third kappa shape index (κ3) is 6.38. The molecule has 19 nitrogen and oxygen atoms in total. The summed E-state index contributed by atoms with van der Waals surface area (Å²) in [5.74, 6) is 6.90. The largest absolute Gasteiger partial charge is 0.493 e. The van der Waals surface area contributed by atoms with Crippen LogP contribution in [0.4, 0.5) is 11.8 Å². The summed E-state index contributed by atoms with van der Waals surface area (Å²) in [5, 5.41) is 26.8. The highest BCUT2D eigenvalue weighted by atomic mass is 16.6. The molecule has 52 heavy (non-hydrogen) atoms. The summed E-state index contributed by atoms with van der Waals surface area (Å²) in [4.78, 5) is 55.6. The van der Waals surface area contributed by atoms with Crippen molar-refractivity contribution in [3.8, 4) is 23.3 Å². The number of nitrogens with two attached hydrogens (primary N) is 1. The van der Waals surface area contributed by atoms with Crippen LogP contribution in [0.15, 0.2) is 34.1 Å². The van der Waals surface area contributed by atoms with Gasteiger partial charge in [-0.3, -0.25) is 23.3 Å². The summed E-state index contributed by atoms with van der Waals surface area (Å²) < 4.78 is 22.8. The second-order valence-corrected chi connectivity index (χ2v) is 11.7. The number of rotatable bonds is 11. The van der Waals surface area contributed by atoms with Gasteiger partial charge in [-0.15, -0.1) is 0 Å². The highest BCUT2D eigenvalue weighted by Crippen LogP contribution is 2.33. The Kier molecular flexibility index (Phi) is 10.1. The van der Waals surface area contributed by atoms with Crippen LogP contribution < -0.4 is 37.1 Å².